The van der Waals surface area contributed by atoms with Gasteiger partial charge in [-0.1, -0.05) is 15.9 Å². The average molecular weight is 376 g/mol. The molecule has 3 rings (SSSR count). The van der Waals surface area contributed by atoms with E-state index in [1.165, 1.54) is 0 Å². The smallest absolute Gasteiger partial charge is 0.242 e. The molecule has 0 aliphatic carbocycles. The molecule has 0 saturated heterocycles. The molecular formula is C16H18BrN5O. The molecular weight excluding hydrogens is 358 g/mol. The summed E-state index contributed by atoms with van der Waals surface area (Å²) in [5, 5.41) is 3.20. The number of nitrogens with zero attached hydrogens (tertiary/aromatic N) is 3. The molecule has 23 heavy (non-hydrogen) atoms. The molecule has 3 N–H and O–H groups in total. The van der Waals surface area contributed by atoms with Gasteiger partial charge in [-0.2, -0.15) is 0 Å². The fraction of sp³-hybridized carbons (Fsp3) is 0.312. The maximum Gasteiger partial charge on any atom is 0.242 e. The van der Waals surface area contributed by atoms with E-state index in [9.17, 15) is 4.79 Å². The molecule has 6 nitrogen and oxygen atoms in total. The Morgan fingerprint density at radius 1 is 1.48 bits per heavy atom. The van der Waals surface area contributed by atoms with Gasteiger partial charge >= 0.3 is 0 Å². The van der Waals surface area contributed by atoms with Crippen LogP contribution >= 0.6 is 15.9 Å². The number of amides is 1. The maximum absolute atomic E-state index is 12.4. The number of benzene rings is 1. The van der Waals surface area contributed by atoms with E-state index in [1.807, 2.05) is 25.1 Å². The van der Waals surface area contributed by atoms with Crippen molar-refractivity contribution in [3.05, 3.63) is 45.7 Å². The summed E-state index contributed by atoms with van der Waals surface area (Å²) in [5.41, 5.74) is 9.60. The number of aromatic nitrogens is 2. The molecule has 0 saturated carbocycles. The van der Waals surface area contributed by atoms with Crippen LogP contribution in [-0.2, 0) is 17.8 Å². The van der Waals surface area contributed by atoms with Crippen LogP contribution in [0.4, 0.5) is 11.6 Å². The Bertz CT molecular complexity index is 749. The van der Waals surface area contributed by atoms with Crippen LogP contribution in [0.1, 0.15) is 16.8 Å². The van der Waals surface area contributed by atoms with Crippen molar-refractivity contribution < 1.29 is 4.79 Å². The van der Waals surface area contributed by atoms with Crippen molar-refractivity contribution in [2.24, 2.45) is 0 Å². The number of aryl methyl sites for hydroxylation is 1. The Morgan fingerprint density at radius 3 is 3.09 bits per heavy atom. The maximum atomic E-state index is 12.4. The first kappa shape index (κ1) is 15.7. The van der Waals surface area contributed by atoms with Gasteiger partial charge in [0.15, 0.2) is 0 Å². The van der Waals surface area contributed by atoms with E-state index < -0.39 is 0 Å². The summed E-state index contributed by atoms with van der Waals surface area (Å²) in [6.07, 6.45) is 2.52. The van der Waals surface area contributed by atoms with Crippen LogP contribution in [0.3, 0.4) is 0 Å². The lowest BCUT2D eigenvalue weighted by Crippen LogP contribution is -2.39. The largest absolute Gasteiger partial charge is 0.376 e. The molecule has 7 heteroatoms. The SMILES string of the molecule is Cc1cc(Br)ccc1NCC(=O)N1CCc2cnc(N)nc2C1. The third-order valence-electron chi connectivity index (χ3n) is 3.94. The van der Waals surface area contributed by atoms with Crippen molar-refractivity contribution in [1.82, 2.24) is 14.9 Å². The summed E-state index contributed by atoms with van der Waals surface area (Å²) in [6, 6.07) is 5.94. The van der Waals surface area contributed by atoms with Crippen molar-refractivity contribution in [3.8, 4) is 0 Å². The topological polar surface area (TPSA) is 84.1 Å². The van der Waals surface area contributed by atoms with E-state index in [4.69, 9.17) is 5.73 Å². The van der Waals surface area contributed by atoms with Crippen LogP contribution in [0.15, 0.2) is 28.9 Å². The standard InChI is InChI=1S/C16H18BrN5O/c1-10-6-12(17)2-3-13(10)19-8-15(23)22-5-4-11-7-20-16(18)21-14(11)9-22/h2-3,6-7,19H,4-5,8-9H2,1H3,(H2,18,20,21). The molecule has 1 aromatic heterocycles. The van der Waals surface area contributed by atoms with E-state index in [2.05, 4.69) is 31.2 Å². The van der Waals surface area contributed by atoms with E-state index in [0.29, 0.717) is 13.1 Å². The highest BCUT2D eigenvalue weighted by Gasteiger charge is 2.22. The summed E-state index contributed by atoms with van der Waals surface area (Å²) in [7, 11) is 0. The number of fused-ring (bicyclic) bond motifs is 1. The highest BCUT2D eigenvalue weighted by atomic mass is 79.9. The Morgan fingerprint density at radius 2 is 2.30 bits per heavy atom. The number of nitrogen functional groups attached to an aromatic ring is 1. The van der Waals surface area contributed by atoms with Gasteiger partial charge in [0.2, 0.25) is 11.9 Å². The van der Waals surface area contributed by atoms with Crippen molar-refractivity contribution in [2.45, 2.75) is 19.9 Å². The van der Waals surface area contributed by atoms with Gasteiger partial charge in [0.05, 0.1) is 18.8 Å². The zero-order chi connectivity index (χ0) is 16.4. The number of rotatable bonds is 3. The zero-order valence-corrected chi connectivity index (χ0v) is 14.4. The molecule has 1 aromatic carbocycles. The molecule has 2 aromatic rings. The number of halogens is 1. The van der Waals surface area contributed by atoms with Crippen LogP contribution in [0.5, 0.6) is 0 Å². The van der Waals surface area contributed by atoms with Crippen molar-refractivity contribution >= 4 is 33.5 Å². The van der Waals surface area contributed by atoms with Gasteiger partial charge in [-0.05, 0) is 42.7 Å². The minimum absolute atomic E-state index is 0.0511. The summed E-state index contributed by atoms with van der Waals surface area (Å²) in [4.78, 5) is 22.5. The number of carbonyl (C=O) groups is 1. The van der Waals surface area contributed by atoms with Crippen LogP contribution in [0.2, 0.25) is 0 Å². The van der Waals surface area contributed by atoms with Crippen molar-refractivity contribution in [3.63, 3.8) is 0 Å². The van der Waals surface area contributed by atoms with Crippen molar-refractivity contribution in [2.75, 3.05) is 24.1 Å². The highest BCUT2D eigenvalue weighted by Crippen LogP contribution is 2.20. The molecule has 1 aliphatic heterocycles. The molecule has 0 radical (unpaired) electrons. The molecule has 0 bridgehead atoms. The Labute approximate surface area is 143 Å². The van der Waals surface area contributed by atoms with Crippen LogP contribution < -0.4 is 11.1 Å². The highest BCUT2D eigenvalue weighted by molar-refractivity contribution is 9.10. The van der Waals surface area contributed by atoms with Gasteiger partial charge in [0, 0.05) is 22.9 Å². The summed E-state index contributed by atoms with van der Waals surface area (Å²) in [5.74, 6) is 0.303. The second kappa shape index (κ2) is 6.54. The number of carbonyl (C=O) groups excluding carboxylic acids is 1. The fourth-order valence-electron chi connectivity index (χ4n) is 2.64. The summed E-state index contributed by atoms with van der Waals surface area (Å²) in [6.45, 7) is 3.44. The predicted molar refractivity (Wildman–Crippen MR) is 92.9 cm³/mol. The van der Waals surface area contributed by atoms with Crippen LogP contribution in [-0.4, -0.2) is 33.9 Å². The number of hydrogen-bond donors (Lipinski definition) is 2. The molecule has 1 amide bonds. The van der Waals surface area contributed by atoms with Gasteiger partial charge in [0.1, 0.15) is 0 Å². The second-order valence-corrected chi connectivity index (χ2v) is 6.49. The van der Waals surface area contributed by atoms with Crippen LogP contribution in [0, 0.1) is 6.92 Å². The van der Waals surface area contributed by atoms with E-state index in [-0.39, 0.29) is 18.4 Å². The van der Waals surface area contributed by atoms with Crippen LogP contribution in [0.25, 0.3) is 0 Å². The van der Waals surface area contributed by atoms with E-state index in [0.717, 1.165) is 33.4 Å². The summed E-state index contributed by atoms with van der Waals surface area (Å²) < 4.78 is 1.02. The lowest BCUT2D eigenvalue weighted by atomic mass is 10.1. The monoisotopic (exact) mass is 375 g/mol. The minimum atomic E-state index is 0.0511. The van der Waals surface area contributed by atoms with Gasteiger partial charge in [-0.3, -0.25) is 4.79 Å². The van der Waals surface area contributed by atoms with Crippen molar-refractivity contribution in [1.29, 1.82) is 0 Å². The number of nitrogens with two attached hydrogens (primary N) is 1. The number of anilines is 2. The molecule has 0 atom stereocenters. The van der Waals surface area contributed by atoms with E-state index >= 15 is 0 Å². The van der Waals surface area contributed by atoms with Gasteiger partial charge in [-0.25, -0.2) is 9.97 Å². The molecule has 0 fully saturated rings. The third-order valence-corrected chi connectivity index (χ3v) is 4.43. The Balaban J connectivity index is 1.63. The number of nitrogens with one attached hydrogen (secondary N) is 1. The zero-order valence-electron chi connectivity index (χ0n) is 12.8. The molecule has 2 heterocycles. The average Bonchev–Trinajstić information content (AvgIpc) is 2.53. The molecule has 120 valence electrons. The lowest BCUT2D eigenvalue weighted by molar-refractivity contribution is -0.130. The fourth-order valence-corrected chi connectivity index (χ4v) is 3.11. The first-order chi connectivity index (χ1) is 11.0. The Hall–Kier alpha value is -2.15. The lowest BCUT2D eigenvalue weighted by Gasteiger charge is -2.28. The first-order valence-corrected chi connectivity index (χ1v) is 8.20. The van der Waals surface area contributed by atoms with Gasteiger partial charge in [-0.15, -0.1) is 0 Å². The minimum Gasteiger partial charge on any atom is -0.376 e. The van der Waals surface area contributed by atoms with Gasteiger partial charge in [0.25, 0.3) is 0 Å². The Kier molecular flexibility index (Phi) is 4.47. The van der Waals surface area contributed by atoms with Gasteiger partial charge < -0.3 is 16.0 Å². The number of hydrogen-bond acceptors (Lipinski definition) is 5. The first-order valence-electron chi connectivity index (χ1n) is 7.41. The quantitative estimate of drug-likeness (QED) is 0.858. The molecule has 0 spiro atoms. The molecule has 1 aliphatic rings. The normalized spacial score (nSPS) is 13.6. The van der Waals surface area contributed by atoms with E-state index in [1.54, 1.807) is 11.1 Å². The molecule has 0 unspecified atom stereocenters. The third kappa shape index (κ3) is 3.61. The summed E-state index contributed by atoms with van der Waals surface area (Å²) >= 11 is 3.43. The second-order valence-electron chi connectivity index (χ2n) is 5.58. The predicted octanol–water partition coefficient (Wildman–Crippen LogP) is 2.13.